The lowest BCUT2D eigenvalue weighted by Gasteiger charge is -2.34. The predicted octanol–water partition coefficient (Wildman–Crippen LogP) is 2.83. The van der Waals surface area contributed by atoms with Crippen LogP contribution in [0.3, 0.4) is 0 Å². The second-order valence-corrected chi connectivity index (χ2v) is 8.99. The van der Waals surface area contributed by atoms with Crippen LogP contribution in [0.4, 0.5) is 0 Å². The molecule has 0 bridgehead atoms. The third-order valence-electron chi connectivity index (χ3n) is 6.21. The topological polar surface area (TPSA) is 67.2 Å². The van der Waals surface area contributed by atoms with E-state index in [0.717, 1.165) is 69.5 Å². The number of amides is 1. The summed E-state index contributed by atoms with van der Waals surface area (Å²) in [6, 6.07) is 5.25. The van der Waals surface area contributed by atoms with E-state index >= 15 is 0 Å². The molecule has 1 fully saturated rings. The van der Waals surface area contributed by atoms with Gasteiger partial charge in [0, 0.05) is 38.2 Å². The van der Waals surface area contributed by atoms with Gasteiger partial charge in [-0.1, -0.05) is 13.8 Å². The highest BCUT2D eigenvalue weighted by molar-refractivity contribution is 5.97. The minimum Gasteiger partial charge on any atom is -0.352 e. The SMILES string of the molecule is C[C@@H]1C[C@@H](C)CN(CCCNC(=O)c2ccc3c(=O)n4c(nc3c2)CCCC4)C1. The van der Waals surface area contributed by atoms with Crippen molar-refractivity contribution in [2.24, 2.45) is 11.8 Å². The van der Waals surface area contributed by atoms with Gasteiger partial charge in [0.2, 0.25) is 0 Å². The Morgan fingerprint density at radius 1 is 1.21 bits per heavy atom. The maximum absolute atomic E-state index is 12.7. The molecule has 1 amide bonds. The number of likely N-dealkylation sites (tertiary alicyclic amines) is 1. The van der Waals surface area contributed by atoms with Crippen molar-refractivity contribution >= 4 is 16.8 Å². The zero-order valence-electron chi connectivity index (χ0n) is 17.6. The monoisotopic (exact) mass is 396 g/mol. The van der Waals surface area contributed by atoms with Crippen LogP contribution < -0.4 is 10.9 Å². The van der Waals surface area contributed by atoms with E-state index in [1.165, 1.54) is 6.42 Å². The van der Waals surface area contributed by atoms with Gasteiger partial charge in [-0.3, -0.25) is 14.2 Å². The molecule has 29 heavy (non-hydrogen) atoms. The molecule has 2 aliphatic rings. The molecule has 6 nitrogen and oxygen atoms in total. The molecule has 1 aromatic carbocycles. The normalized spacial score (nSPS) is 22.4. The summed E-state index contributed by atoms with van der Waals surface area (Å²) in [7, 11) is 0. The number of benzene rings is 1. The number of carbonyl (C=O) groups excluding carboxylic acids is 1. The average molecular weight is 397 g/mol. The van der Waals surface area contributed by atoms with Crippen molar-refractivity contribution < 1.29 is 4.79 Å². The fourth-order valence-corrected chi connectivity index (χ4v) is 4.96. The number of piperidine rings is 1. The molecule has 156 valence electrons. The first-order chi connectivity index (χ1) is 14.0. The lowest BCUT2D eigenvalue weighted by molar-refractivity contribution is 0.0947. The molecule has 0 spiro atoms. The summed E-state index contributed by atoms with van der Waals surface area (Å²) < 4.78 is 1.79. The van der Waals surface area contributed by atoms with E-state index in [9.17, 15) is 9.59 Å². The lowest BCUT2D eigenvalue weighted by Crippen LogP contribution is -2.40. The van der Waals surface area contributed by atoms with E-state index in [1.807, 2.05) is 0 Å². The largest absolute Gasteiger partial charge is 0.352 e. The van der Waals surface area contributed by atoms with E-state index in [0.29, 0.717) is 23.0 Å². The number of nitrogens with zero attached hydrogens (tertiary/aromatic N) is 3. The Morgan fingerprint density at radius 3 is 2.79 bits per heavy atom. The van der Waals surface area contributed by atoms with Crippen molar-refractivity contribution in [3.05, 3.63) is 39.9 Å². The Balaban J connectivity index is 1.37. The number of rotatable bonds is 5. The molecule has 1 saturated heterocycles. The van der Waals surface area contributed by atoms with Crippen molar-refractivity contribution in [2.75, 3.05) is 26.2 Å². The van der Waals surface area contributed by atoms with Gasteiger partial charge < -0.3 is 10.2 Å². The van der Waals surface area contributed by atoms with Gasteiger partial charge in [-0.05, 0) is 62.3 Å². The molecular weight excluding hydrogens is 364 g/mol. The van der Waals surface area contributed by atoms with Gasteiger partial charge in [0.1, 0.15) is 5.82 Å². The number of fused-ring (bicyclic) bond motifs is 2. The third-order valence-corrected chi connectivity index (χ3v) is 6.21. The summed E-state index contributed by atoms with van der Waals surface area (Å²) in [6.07, 6.45) is 5.18. The molecule has 4 rings (SSSR count). The Bertz CT molecular complexity index is 942. The molecule has 2 aliphatic heterocycles. The van der Waals surface area contributed by atoms with Crippen molar-refractivity contribution in [3.8, 4) is 0 Å². The summed E-state index contributed by atoms with van der Waals surface area (Å²) >= 11 is 0. The molecule has 1 N–H and O–H groups in total. The average Bonchev–Trinajstić information content (AvgIpc) is 2.70. The molecule has 2 aromatic rings. The molecule has 0 aliphatic carbocycles. The standard InChI is InChI=1S/C23H32N4O2/c1-16-12-17(2)15-26(14-16)10-5-9-24-22(28)18-7-8-19-20(13-18)25-21-6-3-4-11-27(21)23(19)29/h7-8,13,16-17H,3-6,9-12,14-15H2,1-2H3,(H,24,28)/t16-,17-/m1/s1. The molecule has 6 heteroatoms. The van der Waals surface area contributed by atoms with Gasteiger partial charge in [-0.25, -0.2) is 4.98 Å². The van der Waals surface area contributed by atoms with Crippen LogP contribution >= 0.6 is 0 Å². The first-order valence-corrected chi connectivity index (χ1v) is 11.1. The van der Waals surface area contributed by atoms with Crippen LogP contribution in [0.25, 0.3) is 10.9 Å². The van der Waals surface area contributed by atoms with Crippen molar-refractivity contribution in [2.45, 2.75) is 52.5 Å². The van der Waals surface area contributed by atoms with E-state index in [-0.39, 0.29) is 11.5 Å². The minimum absolute atomic E-state index is 0.0154. The smallest absolute Gasteiger partial charge is 0.261 e. The van der Waals surface area contributed by atoms with Gasteiger partial charge in [0.15, 0.2) is 0 Å². The first-order valence-electron chi connectivity index (χ1n) is 11.1. The van der Waals surface area contributed by atoms with Gasteiger partial charge >= 0.3 is 0 Å². The molecule has 0 radical (unpaired) electrons. The fourth-order valence-electron chi connectivity index (χ4n) is 4.96. The maximum Gasteiger partial charge on any atom is 0.261 e. The van der Waals surface area contributed by atoms with E-state index < -0.39 is 0 Å². The number of hydrogen-bond donors (Lipinski definition) is 1. The Labute approximate surface area is 172 Å². The minimum atomic E-state index is -0.0908. The van der Waals surface area contributed by atoms with Crippen LogP contribution in [-0.2, 0) is 13.0 Å². The van der Waals surface area contributed by atoms with Crippen LogP contribution in [0, 0.1) is 11.8 Å². The first kappa shape index (κ1) is 20.1. The van der Waals surface area contributed by atoms with Gasteiger partial charge in [-0.15, -0.1) is 0 Å². The number of nitrogens with one attached hydrogen (secondary N) is 1. The third kappa shape index (κ3) is 4.53. The quantitative estimate of drug-likeness (QED) is 0.789. The molecule has 0 unspecified atom stereocenters. The fraction of sp³-hybridized carbons (Fsp3) is 0.609. The second-order valence-electron chi connectivity index (χ2n) is 8.99. The molecule has 1 aromatic heterocycles. The number of aromatic nitrogens is 2. The van der Waals surface area contributed by atoms with E-state index in [4.69, 9.17) is 0 Å². The second kappa shape index (κ2) is 8.66. The van der Waals surface area contributed by atoms with Gasteiger partial charge in [0.05, 0.1) is 10.9 Å². The number of aryl methyl sites for hydroxylation is 1. The summed E-state index contributed by atoms with van der Waals surface area (Å²) in [4.78, 5) is 32.4. The van der Waals surface area contributed by atoms with Gasteiger partial charge in [-0.2, -0.15) is 0 Å². The van der Waals surface area contributed by atoms with Crippen molar-refractivity contribution in [1.29, 1.82) is 0 Å². The van der Waals surface area contributed by atoms with E-state index in [2.05, 4.69) is 29.0 Å². The zero-order chi connectivity index (χ0) is 20.4. The van der Waals surface area contributed by atoms with Crippen molar-refractivity contribution in [3.63, 3.8) is 0 Å². The van der Waals surface area contributed by atoms with Gasteiger partial charge in [0.25, 0.3) is 11.5 Å². The van der Waals surface area contributed by atoms with Crippen LogP contribution in [0.1, 0.15) is 55.7 Å². The molecule has 3 heterocycles. The lowest BCUT2D eigenvalue weighted by atomic mass is 9.92. The predicted molar refractivity (Wildman–Crippen MR) is 115 cm³/mol. The summed E-state index contributed by atoms with van der Waals surface area (Å²) in [5, 5.41) is 3.62. The Morgan fingerprint density at radius 2 is 2.00 bits per heavy atom. The number of carbonyl (C=O) groups is 1. The Kier molecular flexibility index (Phi) is 5.99. The van der Waals surface area contributed by atoms with Crippen molar-refractivity contribution in [1.82, 2.24) is 19.8 Å². The highest BCUT2D eigenvalue weighted by Crippen LogP contribution is 2.21. The van der Waals surface area contributed by atoms with Crippen LogP contribution in [0.5, 0.6) is 0 Å². The summed E-state index contributed by atoms with van der Waals surface area (Å²) in [5.74, 6) is 2.27. The summed E-state index contributed by atoms with van der Waals surface area (Å²) in [5.41, 5.74) is 1.22. The Hall–Kier alpha value is -2.21. The van der Waals surface area contributed by atoms with Crippen LogP contribution in [0.15, 0.2) is 23.0 Å². The molecule has 2 atom stereocenters. The zero-order valence-corrected chi connectivity index (χ0v) is 17.6. The molecular formula is C23H32N4O2. The number of hydrogen-bond acceptors (Lipinski definition) is 4. The van der Waals surface area contributed by atoms with Crippen LogP contribution in [0.2, 0.25) is 0 Å². The highest BCUT2D eigenvalue weighted by atomic mass is 16.1. The highest BCUT2D eigenvalue weighted by Gasteiger charge is 2.21. The molecule has 0 saturated carbocycles. The summed E-state index contributed by atoms with van der Waals surface area (Å²) in [6.45, 7) is 9.40. The maximum atomic E-state index is 12.7. The van der Waals surface area contributed by atoms with Crippen LogP contribution in [-0.4, -0.2) is 46.5 Å². The van der Waals surface area contributed by atoms with E-state index in [1.54, 1.807) is 22.8 Å².